The quantitative estimate of drug-likeness (QED) is 0.846. The van der Waals surface area contributed by atoms with Gasteiger partial charge in [-0.3, -0.25) is 4.79 Å². The van der Waals surface area contributed by atoms with Gasteiger partial charge in [-0.15, -0.1) is 0 Å². The van der Waals surface area contributed by atoms with Crippen molar-refractivity contribution < 1.29 is 19.0 Å². The van der Waals surface area contributed by atoms with E-state index >= 15 is 0 Å². The van der Waals surface area contributed by atoms with Crippen molar-refractivity contribution in [1.82, 2.24) is 0 Å². The molecule has 0 bridgehead atoms. The molecule has 0 saturated carbocycles. The third-order valence-electron chi connectivity index (χ3n) is 4.15. The van der Waals surface area contributed by atoms with Crippen LogP contribution >= 0.6 is 11.6 Å². The molecule has 0 aromatic heterocycles. The average molecular weight is 350 g/mol. The van der Waals surface area contributed by atoms with Crippen molar-refractivity contribution in [3.63, 3.8) is 0 Å². The molecule has 4 nitrogen and oxygen atoms in total. The van der Waals surface area contributed by atoms with Crippen LogP contribution in [0.5, 0.6) is 11.5 Å². The number of carbonyl (C=O) groups excluding carboxylic acids is 1. The van der Waals surface area contributed by atoms with E-state index in [1.165, 1.54) is 12.1 Å². The van der Waals surface area contributed by atoms with Crippen LogP contribution in [-0.4, -0.2) is 30.6 Å². The third kappa shape index (κ3) is 3.46. The second-order valence-corrected chi connectivity index (χ2v) is 6.14. The summed E-state index contributed by atoms with van der Waals surface area (Å²) >= 11 is 5.85. The minimum absolute atomic E-state index is 0.0492. The van der Waals surface area contributed by atoms with E-state index in [1.54, 1.807) is 12.1 Å². The molecule has 1 aliphatic heterocycles. The Morgan fingerprint density at radius 3 is 2.46 bits per heavy atom. The van der Waals surface area contributed by atoms with Gasteiger partial charge >= 0.3 is 0 Å². The summed E-state index contributed by atoms with van der Waals surface area (Å²) in [5, 5.41) is 10.2. The van der Waals surface area contributed by atoms with E-state index in [0.29, 0.717) is 30.1 Å². The van der Waals surface area contributed by atoms with Crippen LogP contribution in [0.2, 0.25) is 5.02 Å². The van der Waals surface area contributed by atoms with Gasteiger partial charge < -0.3 is 14.7 Å². The minimum atomic E-state index is -0.679. The average Bonchev–Trinajstić information content (AvgIpc) is 2.58. The standard InChI is InChI=1S/C18H17ClFNO3/c19-12-1-3-13(4-2-12)24-14-7-9-21(10-8-14)16-5-6-17(23)15(11-22)18(16)20/h1-6,11,14,23H,7-10H2. The molecule has 0 aliphatic carbocycles. The number of benzene rings is 2. The Hall–Kier alpha value is -2.27. The maximum absolute atomic E-state index is 14.3. The highest BCUT2D eigenvalue weighted by Gasteiger charge is 2.24. The number of phenols is 1. The number of phenolic OH excluding ortho intramolecular Hbond substituents is 1. The summed E-state index contributed by atoms with van der Waals surface area (Å²) in [6, 6.07) is 10.0. The maximum atomic E-state index is 14.3. The normalized spacial score (nSPS) is 15.3. The van der Waals surface area contributed by atoms with Gasteiger partial charge in [-0.2, -0.15) is 0 Å². The molecule has 1 saturated heterocycles. The van der Waals surface area contributed by atoms with Crippen LogP contribution in [-0.2, 0) is 0 Å². The SMILES string of the molecule is O=Cc1c(O)ccc(N2CCC(Oc3ccc(Cl)cc3)CC2)c1F. The first-order chi connectivity index (χ1) is 11.6. The topological polar surface area (TPSA) is 49.8 Å². The monoisotopic (exact) mass is 349 g/mol. The number of piperidine rings is 1. The van der Waals surface area contributed by atoms with Gasteiger partial charge in [-0.25, -0.2) is 4.39 Å². The Kier molecular flexibility index (Phi) is 4.90. The highest BCUT2D eigenvalue weighted by Crippen LogP contribution is 2.30. The predicted octanol–water partition coefficient (Wildman–Crippen LogP) is 4.05. The van der Waals surface area contributed by atoms with Gasteiger partial charge in [0.2, 0.25) is 0 Å². The second-order valence-electron chi connectivity index (χ2n) is 5.71. The smallest absolute Gasteiger partial charge is 0.160 e. The van der Waals surface area contributed by atoms with Crippen LogP contribution < -0.4 is 9.64 Å². The van der Waals surface area contributed by atoms with Crippen molar-refractivity contribution >= 4 is 23.6 Å². The van der Waals surface area contributed by atoms with Gasteiger partial charge in [0.15, 0.2) is 12.1 Å². The van der Waals surface area contributed by atoms with Crippen LogP contribution in [0, 0.1) is 5.82 Å². The third-order valence-corrected chi connectivity index (χ3v) is 4.41. The second kappa shape index (κ2) is 7.09. The molecule has 126 valence electrons. The Bertz CT molecular complexity index is 728. The molecular formula is C18H17ClFNO3. The molecule has 0 atom stereocenters. The van der Waals surface area contributed by atoms with E-state index in [2.05, 4.69) is 0 Å². The number of hydrogen-bond donors (Lipinski definition) is 1. The van der Waals surface area contributed by atoms with E-state index in [4.69, 9.17) is 16.3 Å². The fraction of sp³-hybridized carbons (Fsp3) is 0.278. The summed E-state index contributed by atoms with van der Waals surface area (Å²) in [4.78, 5) is 12.8. The molecule has 1 aliphatic rings. The molecule has 1 fully saturated rings. The van der Waals surface area contributed by atoms with Gasteiger partial charge in [-0.05, 0) is 36.4 Å². The zero-order valence-corrected chi connectivity index (χ0v) is 13.7. The first-order valence-corrected chi connectivity index (χ1v) is 8.10. The van der Waals surface area contributed by atoms with Gasteiger partial charge in [-0.1, -0.05) is 11.6 Å². The lowest BCUT2D eigenvalue weighted by atomic mass is 10.1. The van der Waals surface area contributed by atoms with Crippen LogP contribution in [0.1, 0.15) is 23.2 Å². The van der Waals surface area contributed by atoms with E-state index in [1.807, 2.05) is 17.0 Å². The largest absolute Gasteiger partial charge is 0.507 e. The predicted molar refractivity (Wildman–Crippen MR) is 90.8 cm³/mol. The number of aromatic hydroxyl groups is 1. The van der Waals surface area contributed by atoms with E-state index in [9.17, 15) is 14.3 Å². The number of ether oxygens (including phenoxy) is 1. The molecule has 0 radical (unpaired) electrons. The Morgan fingerprint density at radius 1 is 1.17 bits per heavy atom. The number of rotatable bonds is 4. The zero-order chi connectivity index (χ0) is 17.1. The van der Waals surface area contributed by atoms with E-state index in [0.717, 1.165) is 18.6 Å². The Morgan fingerprint density at radius 2 is 1.83 bits per heavy atom. The Balaban J connectivity index is 1.65. The lowest BCUT2D eigenvalue weighted by molar-refractivity contribution is 0.111. The van der Waals surface area contributed by atoms with Gasteiger partial charge in [0.25, 0.3) is 0 Å². The highest BCUT2D eigenvalue weighted by atomic mass is 35.5. The fourth-order valence-electron chi connectivity index (χ4n) is 2.85. The number of carbonyl (C=O) groups is 1. The first kappa shape index (κ1) is 16.6. The van der Waals surface area contributed by atoms with Crippen LogP contribution in [0.3, 0.4) is 0 Å². The van der Waals surface area contributed by atoms with Gasteiger partial charge in [0.1, 0.15) is 17.6 Å². The van der Waals surface area contributed by atoms with Crippen molar-refractivity contribution in [2.75, 3.05) is 18.0 Å². The molecule has 1 heterocycles. The summed E-state index contributed by atoms with van der Waals surface area (Å²) in [6.45, 7) is 1.22. The number of nitrogens with zero attached hydrogens (tertiary/aromatic N) is 1. The van der Waals surface area contributed by atoms with E-state index in [-0.39, 0.29) is 17.4 Å². The minimum Gasteiger partial charge on any atom is -0.507 e. The lowest BCUT2D eigenvalue weighted by Gasteiger charge is -2.34. The number of hydrogen-bond acceptors (Lipinski definition) is 4. The molecule has 0 spiro atoms. The molecule has 2 aromatic rings. The van der Waals surface area contributed by atoms with Crippen LogP contribution in [0.25, 0.3) is 0 Å². The molecule has 0 unspecified atom stereocenters. The van der Waals surface area contributed by atoms with E-state index < -0.39 is 5.82 Å². The molecular weight excluding hydrogens is 333 g/mol. The van der Waals surface area contributed by atoms with Crippen molar-refractivity contribution in [2.45, 2.75) is 18.9 Å². The highest BCUT2D eigenvalue weighted by molar-refractivity contribution is 6.30. The van der Waals surface area contributed by atoms with Crippen molar-refractivity contribution in [3.8, 4) is 11.5 Å². The fourth-order valence-corrected chi connectivity index (χ4v) is 2.97. The lowest BCUT2D eigenvalue weighted by Crippen LogP contribution is -2.38. The zero-order valence-electron chi connectivity index (χ0n) is 12.9. The number of halogens is 2. The molecule has 6 heteroatoms. The Labute approximate surface area is 144 Å². The summed E-state index contributed by atoms with van der Waals surface area (Å²) < 4.78 is 20.2. The molecule has 24 heavy (non-hydrogen) atoms. The maximum Gasteiger partial charge on any atom is 0.160 e. The van der Waals surface area contributed by atoms with Gasteiger partial charge in [0.05, 0.1) is 11.3 Å². The molecule has 1 N–H and O–H groups in total. The molecule has 0 amide bonds. The number of aldehydes is 1. The van der Waals surface area contributed by atoms with Crippen LogP contribution in [0.4, 0.5) is 10.1 Å². The van der Waals surface area contributed by atoms with Crippen LogP contribution in [0.15, 0.2) is 36.4 Å². The van der Waals surface area contributed by atoms with Crippen molar-refractivity contribution in [3.05, 3.63) is 52.8 Å². The van der Waals surface area contributed by atoms with Crippen molar-refractivity contribution in [1.29, 1.82) is 0 Å². The van der Waals surface area contributed by atoms with Gasteiger partial charge in [0, 0.05) is 31.0 Å². The summed E-state index contributed by atoms with van der Waals surface area (Å²) in [7, 11) is 0. The molecule has 3 rings (SSSR count). The summed E-state index contributed by atoms with van der Waals surface area (Å²) in [5.41, 5.74) is 0.0341. The molecule has 2 aromatic carbocycles. The number of anilines is 1. The summed E-state index contributed by atoms with van der Waals surface area (Å²) in [5.74, 6) is -0.258. The first-order valence-electron chi connectivity index (χ1n) is 7.72. The summed E-state index contributed by atoms with van der Waals surface area (Å²) in [6.07, 6.45) is 1.86. The van der Waals surface area contributed by atoms with Crippen molar-refractivity contribution in [2.24, 2.45) is 0 Å².